The van der Waals surface area contributed by atoms with E-state index >= 15 is 0 Å². The lowest BCUT2D eigenvalue weighted by molar-refractivity contribution is -0.137. The van der Waals surface area contributed by atoms with Crippen LogP contribution >= 0.6 is 23.4 Å². The van der Waals surface area contributed by atoms with E-state index in [1.165, 1.54) is 10.7 Å². The maximum absolute atomic E-state index is 13.1. The first kappa shape index (κ1) is 20.2. The number of anilines is 1. The van der Waals surface area contributed by atoms with Crippen LogP contribution in [0, 0.1) is 6.92 Å². The van der Waals surface area contributed by atoms with Crippen molar-refractivity contribution in [3.8, 4) is 5.69 Å². The Kier molecular flexibility index (Phi) is 5.90. The van der Waals surface area contributed by atoms with Gasteiger partial charge in [-0.15, -0.1) is 5.10 Å². The molecule has 28 heavy (non-hydrogen) atoms. The van der Waals surface area contributed by atoms with Crippen LogP contribution in [-0.2, 0) is 11.0 Å². The van der Waals surface area contributed by atoms with Gasteiger partial charge < -0.3 is 5.32 Å². The van der Waals surface area contributed by atoms with Gasteiger partial charge in [-0.3, -0.25) is 4.79 Å². The summed E-state index contributed by atoms with van der Waals surface area (Å²) in [7, 11) is 0. The monoisotopic (exact) mass is 427 g/mol. The van der Waals surface area contributed by atoms with E-state index in [4.69, 9.17) is 11.6 Å². The van der Waals surface area contributed by atoms with Crippen LogP contribution in [-0.4, -0.2) is 31.9 Å². The Morgan fingerprint density at radius 2 is 1.93 bits per heavy atom. The number of thioether (sulfide) groups is 1. The first-order valence-corrected chi connectivity index (χ1v) is 9.25. The van der Waals surface area contributed by atoms with Crippen LogP contribution in [0.4, 0.5) is 18.9 Å². The molecule has 0 spiro atoms. The minimum absolute atomic E-state index is 0.0722. The SMILES string of the molecule is Cc1ccc(-n2nnnc2SCC(=O)Nc2ccc(Cl)cc2C(F)(F)F)cc1. The lowest BCUT2D eigenvalue weighted by atomic mass is 10.1. The van der Waals surface area contributed by atoms with Crippen LogP contribution in [0.5, 0.6) is 0 Å². The number of carbonyl (C=O) groups excluding carboxylic acids is 1. The van der Waals surface area contributed by atoms with E-state index < -0.39 is 17.6 Å². The number of alkyl halides is 3. The van der Waals surface area contributed by atoms with Crippen molar-refractivity contribution in [1.29, 1.82) is 0 Å². The minimum atomic E-state index is -4.64. The average molecular weight is 428 g/mol. The third-order valence-corrected chi connectivity index (χ3v) is 4.77. The van der Waals surface area contributed by atoms with E-state index in [2.05, 4.69) is 20.8 Å². The summed E-state index contributed by atoms with van der Waals surface area (Å²) < 4.78 is 40.8. The Morgan fingerprint density at radius 1 is 1.21 bits per heavy atom. The standard InChI is InChI=1S/C17H13ClF3N5OS/c1-10-2-5-12(6-3-10)26-16(23-24-25-26)28-9-15(27)22-14-7-4-11(18)8-13(14)17(19,20)21/h2-8H,9H2,1H3,(H,22,27). The fourth-order valence-electron chi connectivity index (χ4n) is 2.29. The molecule has 0 aliphatic carbocycles. The van der Waals surface area contributed by atoms with Crippen molar-refractivity contribution in [2.45, 2.75) is 18.3 Å². The molecule has 146 valence electrons. The van der Waals surface area contributed by atoms with Gasteiger partial charge in [0.2, 0.25) is 11.1 Å². The molecule has 1 aromatic heterocycles. The predicted octanol–water partition coefficient (Wildman–Crippen LogP) is 4.37. The number of halogens is 4. The normalized spacial score (nSPS) is 11.5. The number of benzene rings is 2. The second kappa shape index (κ2) is 8.19. The summed E-state index contributed by atoms with van der Waals surface area (Å²) >= 11 is 6.64. The molecule has 0 saturated carbocycles. The summed E-state index contributed by atoms with van der Waals surface area (Å²) in [5.41, 5.74) is 0.396. The fraction of sp³-hybridized carbons (Fsp3) is 0.176. The zero-order valence-electron chi connectivity index (χ0n) is 14.4. The van der Waals surface area contributed by atoms with E-state index in [0.29, 0.717) is 10.8 Å². The number of tetrazole rings is 1. The molecule has 1 amide bonds. The van der Waals surface area contributed by atoms with Crippen LogP contribution in [0.15, 0.2) is 47.6 Å². The number of hydrogen-bond acceptors (Lipinski definition) is 5. The fourth-order valence-corrected chi connectivity index (χ4v) is 3.16. The number of nitrogens with zero attached hydrogens (tertiary/aromatic N) is 4. The van der Waals surface area contributed by atoms with Gasteiger partial charge in [0.15, 0.2) is 0 Å². The molecule has 3 rings (SSSR count). The van der Waals surface area contributed by atoms with E-state index in [-0.39, 0.29) is 16.5 Å². The molecule has 2 aromatic carbocycles. The maximum Gasteiger partial charge on any atom is 0.418 e. The molecule has 0 radical (unpaired) electrons. The number of rotatable bonds is 5. The Morgan fingerprint density at radius 3 is 2.61 bits per heavy atom. The smallest absolute Gasteiger partial charge is 0.325 e. The molecule has 1 heterocycles. The summed E-state index contributed by atoms with van der Waals surface area (Å²) in [5, 5.41) is 13.8. The topological polar surface area (TPSA) is 72.7 Å². The van der Waals surface area contributed by atoms with Crippen molar-refractivity contribution in [3.05, 3.63) is 58.6 Å². The third kappa shape index (κ3) is 4.82. The van der Waals surface area contributed by atoms with Crippen LogP contribution in [0.25, 0.3) is 5.69 Å². The van der Waals surface area contributed by atoms with Gasteiger partial charge in [-0.25, -0.2) is 0 Å². The lowest BCUT2D eigenvalue weighted by Gasteiger charge is -2.14. The highest BCUT2D eigenvalue weighted by Gasteiger charge is 2.34. The molecular formula is C17H13ClF3N5OS. The van der Waals surface area contributed by atoms with Gasteiger partial charge in [0.25, 0.3) is 0 Å². The van der Waals surface area contributed by atoms with Crippen molar-refractivity contribution in [1.82, 2.24) is 20.2 Å². The average Bonchev–Trinajstić information content (AvgIpc) is 3.10. The molecule has 0 aliphatic heterocycles. The van der Waals surface area contributed by atoms with Gasteiger partial charge in [-0.1, -0.05) is 41.1 Å². The second-order valence-electron chi connectivity index (χ2n) is 5.73. The summed E-state index contributed by atoms with van der Waals surface area (Å²) in [4.78, 5) is 12.2. The third-order valence-electron chi connectivity index (χ3n) is 3.61. The zero-order chi connectivity index (χ0) is 20.3. The molecule has 6 nitrogen and oxygen atoms in total. The molecule has 11 heteroatoms. The number of hydrogen-bond donors (Lipinski definition) is 1. The molecule has 0 atom stereocenters. The van der Waals surface area contributed by atoms with Crippen molar-refractivity contribution in [2.24, 2.45) is 0 Å². The highest BCUT2D eigenvalue weighted by Crippen LogP contribution is 2.36. The Bertz CT molecular complexity index is 991. The number of amides is 1. The first-order valence-electron chi connectivity index (χ1n) is 7.89. The predicted molar refractivity (Wildman–Crippen MR) is 99.7 cm³/mol. The van der Waals surface area contributed by atoms with Gasteiger partial charge >= 0.3 is 6.18 Å². The second-order valence-corrected chi connectivity index (χ2v) is 7.11. The van der Waals surface area contributed by atoms with Crippen LogP contribution in [0.3, 0.4) is 0 Å². The summed E-state index contributed by atoms with van der Waals surface area (Å²) in [6, 6.07) is 10.6. The molecule has 0 fully saturated rings. The van der Waals surface area contributed by atoms with Crippen molar-refractivity contribution in [2.75, 3.05) is 11.1 Å². The van der Waals surface area contributed by atoms with Gasteiger partial charge in [0.1, 0.15) is 0 Å². The highest BCUT2D eigenvalue weighted by atomic mass is 35.5. The lowest BCUT2D eigenvalue weighted by Crippen LogP contribution is -2.18. The summed E-state index contributed by atoms with van der Waals surface area (Å²) in [6.07, 6.45) is -4.64. The molecule has 0 saturated heterocycles. The van der Waals surface area contributed by atoms with Crippen LogP contribution in [0.1, 0.15) is 11.1 Å². The van der Waals surface area contributed by atoms with E-state index in [9.17, 15) is 18.0 Å². The Labute approximate surface area is 167 Å². The molecule has 0 aliphatic rings. The Hall–Kier alpha value is -2.59. The van der Waals surface area contributed by atoms with Gasteiger partial charge in [0, 0.05) is 5.02 Å². The van der Waals surface area contributed by atoms with Crippen molar-refractivity contribution >= 4 is 35.0 Å². The van der Waals surface area contributed by atoms with Crippen molar-refractivity contribution < 1.29 is 18.0 Å². The van der Waals surface area contributed by atoms with Gasteiger partial charge in [0.05, 0.1) is 22.7 Å². The van der Waals surface area contributed by atoms with Crippen molar-refractivity contribution in [3.63, 3.8) is 0 Å². The zero-order valence-corrected chi connectivity index (χ0v) is 15.9. The van der Waals surface area contributed by atoms with Crippen LogP contribution < -0.4 is 5.32 Å². The Balaban J connectivity index is 1.70. The largest absolute Gasteiger partial charge is 0.418 e. The van der Waals surface area contributed by atoms with Gasteiger partial charge in [-0.05, 0) is 47.7 Å². The number of aromatic nitrogens is 4. The summed E-state index contributed by atoms with van der Waals surface area (Å²) in [5.74, 6) is -0.803. The maximum atomic E-state index is 13.1. The van der Waals surface area contributed by atoms with E-state index in [1.807, 2.05) is 31.2 Å². The first-order chi connectivity index (χ1) is 13.2. The molecular weight excluding hydrogens is 415 g/mol. The highest BCUT2D eigenvalue weighted by molar-refractivity contribution is 7.99. The number of nitrogens with one attached hydrogen (secondary N) is 1. The van der Waals surface area contributed by atoms with Crippen LogP contribution in [0.2, 0.25) is 5.02 Å². The molecule has 3 aromatic rings. The molecule has 0 unspecified atom stereocenters. The quantitative estimate of drug-likeness (QED) is 0.612. The number of carbonyl (C=O) groups is 1. The minimum Gasteiger partial charge on any atom is -0.325 e. The van der Waals surface area contributed by atoms with E-state index in [1.54, 1.807) is 0 Å². The number of aryl methyl sites for hydroxylation is 1. The summed E-state index contributed by atoms with van der Waals surface area (Å²) in [6.45, 7) is 1.94. The van der Waals surface area contributed by atoms with Gasteiger partial charge in [-0.2, -0.15) is 17.9 Å². The molecule has 0 bridgehead atoms. The molecule has 1 N–H and O–H groups in total. The van der Waals surface area contributed by atoms with E-state index in [0.717, 1.165) is 29.5 Å².